The molecule has 0 unspecified atom stereocenters. The number of ether oxygens (including phenoxy) is 1. The van der Waals surface area contributed by atoms with Gasteiger partial charge in [-0.3, -0.25) is 4.79 Å². The molecule has 1 amide bonds. The fourth-order valence-electron chi connectivity index (χ4n) is 2.64. The van der Waals surface area contributed by atoms with Gasteiger partial charge in [0.05, 0.1) is 19.1 Å². The van der Waals surface area contributed by atoms with Crippen molar-refractivity contribution in [1.82, 2.24) is 4.90 Å². The molecular weight excluding hydrogens is 242 g/mol. The minimum absolute atomic E-state index is 0.0335. The van der Waals surface area contributed by atoms with E-state index in [-0.39, 0.29) is 12.3 Å². The van der Waals surface area contributed by atoms with E-state index in [1.807, 2.05) is 18.2 Å². The molecule has 0 saturated heterocycles. The maximum Gasteiger partial charge on any atom is 0.224 e. The second-order valence-corrected chi connectivity index (χ2v) is 5.46. The van der Waals surface area contributed by atoms with Crippen LogP contribution in [0.1, 0.15) is 24.0 Å². The molecule has 104 valence electrons. The molecule has 19 heavy (non-hydrogen) atoms. The number of amides is 1. The largest absolute Gasteiger partial charge is 0.496 e. The first-order valence-electron chi connectivity index (χ1n) is 6.52. The third kappa shape index (κ3) is 2.89. The van der Waals surface area contributed by atoms with Crippen LogP contribution in [0.3, 0.4) is 0 Å². The zero-order chi connectivity index (χ0) is 14.0. The van der Waals surface area contributed by atoms with Gasteiger partial charge in [-0.05, 0) is 30.0 Å². The van der Waals surface area contributed by atoms with E-state index in [9.17, 15) is 9.90 Å². The molecule has 1 aliphatic carbocycles. The molecule has 0 fully saturated rings. The van der Waals surface area contributed by atoms with E-state index in [2.05, 4.69) is 0 Å². The highest BCUT2D eigenvalue weighted by molar-refractivity contribution is 5.76. The van der Waals surface area contributed by atoms with Gasteiger partial charge in [0.15, 0.2) is 0 Å². The highest BCUT2D eigenvalue weighted by atomic mass is 16.5. The van der Waals surface area contributed by atoms with E-state index in [1.54, 1.807) is 21.2 Å². The summed E-state index contributed by atoms with van der Waals surface area (Å²) in [6, 6.07) is 5.87. The van der Waals surface area contributed by atoms with Crippen molar-refractivity contribution >= 4 is 5.91 Å². The first-order chi connectivity index (χ1) is 8.95. The van der Waals surface area contributed by atoms with Crippen molar-refractivity contribution in [2.75, 3.05) is 21.2 Å². The second-order valence-electron chi connectivity index (χ2n) is 5.46. The molecular formula is C15H21NO3. The van der Waals surface area contributed by atoms with Gasteiger partial charge in [-0.15, -0.1) is 0 Å². The van der Waals surface area contributed by atoms with Crippen LogP contribution in [-0.4, -0.2) is 42.7 Å². The molecule has 1 aliphatic rings. The number of aliphatic hydroxyl groups is 1. The van der Waals surface area contributed by atoms with Crippen LogP contribution in [-0.2, 0) is 17.6 Å². The van der Waals surface area contributed by atoms with Gasteiger partial charge in [0.1, 0.15) is 5.75 Å². The fourth-order valence-corrected chi connectivity index (χ4v) is 2.64. The zero-order valence-corrected chi connectivity index (χ0v) is 11.8. The Morgan fingerprint density at radius 3 is 2.84 bits per heavy atom. The highest BCUT2D eigenvalue weighted by Gasteiger charge is 2.35. The molecule has 4 nitrogen and oxygen atoms in total. The first kappa shape index (κ1) is 13.9. The molecule has 1 atom stereocenters. The van der Waals surface area contributed by atoms with Crippen molar-refractivity contribution in [3.63, 3.8) is 0 Å². The van der Waals surface area contributed by atoms with Gasteiger partial charge in [0.2, 0.25) is 5.91 Å². The van der Waals surface area contributed by atoms with Crippen LogP contribution in [0.5, 0.6) is 5.75 Å². The van der Waals surface area contributed by atoms with Crippen molar-refractivity contribution < 1.29 is 14.6 Å². The van der Waals surface area contributed by atoms with Crippen LogP contribution in [0.2, 0.25) is 0 Å². The summed E-state index contributed by atoms with van der Waals surface area (Å²) in [5.41, 5.74) is 1.31. The van der Waals surface area contributed by atoms with Crippen molar-refractivity contribution in [3.8, 4) is 5.75 Å². The summed E-state index contributed by atoms with van der Waals surface area (Å²) < 4.78 is 5.34. The molecule has 1 aromatic rings. The third-order valence-electron chi connectivity index (χ3n) is 3.79. The molecule has 4 heteroatoms. The van der Waals surface area contributed by atoms with E-state index in [4.69, 9.17) is 4.74 Å². The Morgan fingerprint density at radius 1 is 1.47 bits per heavy atom. The zero-order valence-electron chi connectivity index (χ0n) is 11.8. The van der Waals surface area contributed by atoms with Crippen molar-refractivity contribution in [1.29, 1.82) is 0 Å². The van der Waals surface area contributed by atoms with Crippen LogP contribution >= 0.6 is 0 Å². The average Bonchev–Trinajstić information content (AvgIpc) is 2.37. The van der Waals surface area contributed by atoms with Gasteiger partial charge < -0.3 is 14.7 Å². The molecule has 0 radical (unpaired) electrons. The first-order valence-corrected chi connectivity index (χ1v) is 6.52. The smallest absolute Gasteiger partial charge is 0.224 e. The SMILES string of the molecule is COc1cccc2c1CC[C@](O)(CC(=O)N(C)C)C2. The Kier molecular flexibility index (Phi) is 3.80. The minimum atomic E-state index is -0.930. The number of hydrogen-bond acceptors (Lipinski definition) is 3. The second kappa shape index (κ2) is 5.21. The quantitative estimate of drug-likeness (QED) is 0.896. The van der Waals surface area contributed by atoms with Crippen LogP contribution in [0.4, 0.5) is 0 Å². The number of hydrogen-bond donors (Lipinski definition) is 1. The third-order valence-corrected chi connectivity index (χ3v) is 3.79. The van der Waals surface area contributed by atoms with Gasteiger partial charge >= 0.3 is 0 Å². The monoisotopic (exact) mass is 263 g/mol. The average molecular weight is 263 g/mol. The van der Waals surface area contributed by atoms with Crippen molar-refractivity contribution in [2.45, 2.75) is 31.3 Å². The van der Waals surface area contributed by atoms with Gasteiger partial charge in [-0.2, -0.15) is 0 Å². The molecule has 1 N–H and O–H groups in total. The Bertz CT molecular complexity index is 484. The Balaban J connectivity index is 2.20. The lowest BCUT2D eigenvalue weighted by molar-refractivity contribution is -0.134. The number of fused-ring (bicyclic) bond motifs is 1. The Labute approximate surface area is 114 Å². The number of carbonyl (C=O) groups is 1. The maximum absolute atomic E-state index is 11.8. The molecule has 0 heterocycles. The van der Waals surface area contributed by atoms with Gasteiger partial charge in [0.25, 0.3) is 0 Å². The predicted octanol–water partition coefficient (Wildman–Crippen LogP) is 1.39. The number of benzene rings is 1. The van der Waals surface area contributed by atoms with E-state index in [1.165, 1.54) is 4.90 Å². The lowest BCUT2D eigenvalue weighted by Gasteiger charge is -2.34. The number of carbonyl (C=O) groups excluding carboxylic acids is 1. The molecule has 0 aromatic heterocycles. The number of methoxy groups -OCH3 is 1. The van der Waals surface area contributed by atoms with E-state index >= 15 is 0 Å². The Morgan fingerprint density at radius 2 is 2.21 bits per heavy atom. The van der Waals surface area contributed by atoms with Crippen LogP contribution in [0, 0.1) is 0 Å². The molecule has 1 aromatic carbocycles. The summed E-state index contributed by atoms with van der Waals surface area (Å²) >= 11 is 0. The van der Waals surface area contributed by atoms with Crippen molar-refractivity contribution in [2.24, 2.45) is 0 Å². The van der Waals surface area contributed by atoms with E-state index < -0.39 is 5.60 Å². The summed E-state index contributed by atoms with van der Waals surface area (Å²) in [5, 5.41) is 10.6. The fraction of sp³-hybridized carbons (Fsp3) is 0.533. The summed E-state index contributed by atoms with van der Waals surface area (Å²) in [5.74, 6) is 0.840. The lowest BCUT2D eigenvalue weighted by atomic mass is 9.78. The van der Waals surface area contributed by atoms with Gasteiger partial charge in [0, 0.05) is 20.5 Å². The molecule has 0 aliphatic heterocycles. The minimum Gasteiger partial charge on any atom is -0.496 e. The topological polar surface area (TPSA) is 49.8 Å². The normalized spacial score (nSPS) is 21.7. The number of rotatable bonds is 3. The highest BCUT2D eigenvalue weighted by Crippen LogP contribution is 2.35. The summed E-state index contributed by atoms with van der Waals surface area (Å²) in [7, 11) is 5.09. The summed E-state index contributed by atoms with van der Waals surface area (Å²) in [6.07, 6.45) is 2.03. The van der Waals surface area contributed by atoms with Crippen LogP contribution in [0.15, 0.2) is 18.2 Å². The molecule has 2 rings (SSSR count). The maximum atomic E-state index is 11.8. The lowest BCUT2D eigenvalue weighted by Crippen LogP contribution is -2.41. The summed E-state index contributed by atoms with van der Waals surface area (Å²) in [4.78, 5) is 13.3. The predicted molar refractivity (Wildman–Crippen MR) is 73.3 cm³/mol. The van der Waals surface area contributed by atoms with Gasteiger partial charge in [-0.25, -0.2) is 0 Å². The van der Waals surface area contributed by atoms with Gasteiger partial charge in [-0.1, -0.05) is 12.1 Å². The molecule has 0 bridgehead atoms. The molecule has 0 spiro atoms. The standard InChI is InChI=1S/C15H21NO3/c1-16(2)14(17)10-15(18)8-7-12-11(9-15)5-4-6-13(12)19-3/h4-6,18H,7-10H2,1-3H3/t15-/m1/s1. The van der Waals surface area contributed by atoms with Crippen LogP contribution in [0.25, 0.3) is 0 Å². The van der Waals surface area contributed by atoms with E-state index in [0.717, 1.165) is 23.3 Å². The van der Waals surface area contributed by atoms with Crippen molar-refractivity contribution in [3.05, 3.63) is 29.3 Å². The molecule has 0 saturated carbocycles. The number of nitrogens with zero attached hydrogens (tertiary/aromatic N) is 1. The summed E-state index contributed by atoms with van der Waals surface area (Å²) in [6.45, 7) is 0. The Hall–Kier alpha value is -1.55. The van der Waals surface area contributed by atoms with Crippen LogP contribution < -0.4 is 4.74 Å². The van der Waals surface area contributed by atoms with E-state index in [0.29, 0.717) is 12.8 Å².